The van der Waals surface area contributed by atoms with E-state index in [4.69, 9.17) is 5.11 Å². The molecule has 5 heteroatoms. The molecule has 2 aromatic rings. The van der Waals surface area contributed by atoms with Gasteiger partial charge in [-0.1, -0.05) is 12.1 Å². The Morgan fingerprint density at radius 2 is 1.89 bits per heavy atom. The summed E-state index contributed by atoms with van der Waals surface area (Å²) in [5, 5.41) is 11.5. The van der Waals surface area contributed by atoms with E-state index in [1.165, 1.54) is 18.2 Å². The van der Waals surface area contributed by atoms with Gasteiger partial charge in [0.2, 0.25) is 0 Å². The highest BCUT2D eigenvalue weighted by Crippen LogP contribution is 2.09. The summed E-state index contributed by atoms with van der Waals surface area (Å²) in [7, 11) is 0. The molecule has 5 nitrogen and oxygen atoms in total. The molecule has 0 aliphatic carbocycles. The number of aromatic carboxylic acids is 1. The number of aromatic nitrogens is 1. The van der Waals surface area contributed by atoms with Crippen LogP contribution in [0.25, 0.3) is 0 Å². The van der Waals surface area contributed by atoms with Crippen molar-refractivity contribution in [3.05, 3.63) is 59.3 Å². The smallest absolute Gasteiger partial charge is 0.335 e. The SMILES string of the molecule is Cc1ccc(NC(=O)c2cccc(C(=O)O)c2)nc1. The summed E-state index contributed by atoms with van der Waals surface area (Å²) in [4.78, 5) is 26.8. The molecule has 0 saturated carbocycles. The number of hydrogen-bond donors (Lipinski definition) is 2. The number of carbonyl (C=O) groups is 2. The van der Waals surface area contributed by atoms with Crippen molar-refractivity contribution in [3.63, 3.8) is 0 Å². The lowest BCUT2D eigenvalue weighted by Gasteiger charge is -2.05. The Hall–Kier alpha value is -2.69. The molecular formula is C14H12N2O3. The second kappa shape index (κ2) is 5.30. The summed E-state index contributed by atoms with van der Waals surface area (Å²) in [5.74, 6) is -1.03. The molecule has 1 heterocycles. The van der Waals surface area contributed by atoms with Crippen LogP contribution in [0.3, 0.4) is 0 Å². The van der Waals surface area contributed by atoms with E-state index in [0.717, 1.165) is 5.56 Å². The highest BCUT2D eigenvalue weighted by molar-refractivity contribution is 6.05. The van der Waals surface area contributed by atoms with Gasteiger partial charge in [-0.3, -0.25) is 4.79 Å². The Kier molecular flexibility index (Phi) is 3.56. The molecule has 0 radical (unpaired) electrons. The van der Waals surface area contributed by atoms with Crippen LogP contribution in [0.5, 0.6) is 0 Å². The molecule has 1 amide bonds. The number of carboxylic acid groups (broad SMARTS) is 1. The summed E-state index contributed by atoms with van der Waals surface area (Å²) in [6.07, 6.45) is 1.64. The molecular weight excluding hydrogens is 244 g/mol. The van der Waals surface area contributed by atoms with E-state index in [-0.39, 0.29) is 17.0 Å². The van der Waals surface area contributed by atoms with Crippen molar-refractivity contribution in [2.24, 2.45) is 0 Å². The number of anilines is 1. The minimum atomic E-state index is -1.07. The number of rotatable bonds is 3. The maximum absolute atomic E-state index is 11.9. The largest absolute Gasteiger partial charge is 0.478 e. The number of nitrogens with one attached hydrogen (secondary N) is 1. The third kappa shape index (κ3) is 3.16. The number of carboxylic acids is 1. The van der Waals surface area contributed by atoms with Crippen molar-refractivity contribution >= 4 is 17.7 Å². The predicted molar refractivity (Wildman–Crippen MR) is 70.3 cm³/mol. The molecule has 2 N–H and O–H groups in total. The molecule has 0 aliphatic rings. The van der Waals surface area contributed by atoms with E-state index in [2.05, 4.69) is 10.3 Å². The average Bonchev–Trinajstić information content (AvgIpc) is 2.41. The topological polar surface area (TPSA) is 79.3 Å². The monoisotopic (exact) mass is 256 g/mol. The van der Waals surface area contributed by atoms with Gasteiger partial charge in [0.05, 0.1) is 5.56 Å². The highest BCUT2D eigenvalue weighted by Gasteiger charge is 2.10. The van der Waals surface area contributed by atoms with Crippen molar-refractivity contribution in [2.75, 3.05) is 5.32 Å². The van der Waals surface area contributed by atoms with E-state index in [1.807, 2.05) is 13.0 Å². The van der Waals surface area contributed by atoms with Crippen molar-refractivity contribution in [2.45, 2.75) is 6.92 Å². The van der Waals surface area contributed by atoms with Crippen molar-refractivity contribution in [1.29, 1.82) is 0 Å². The molecule has 0 aliphatic heterocycles. The number of benzene rings is 1. The first kappa shape index (κ1) is 12.8. The first-order valence-corrected chi connectivity index (χ1v) is 5.63. The summed E-state index contributed by atoms with van der Waals surface area (Å²) in [6, 6.07) is 9.36. The Morgan fingerprint density at radius 3 is 2.53 bits per heavy atom. The fraction of sp³-hybridized carbons (Fsp3) is 0.0714. The molecule has 0 spiro atoms. The van der Waals surface area contributed by atoms with Gasteiger partial charge in [-0.15, -0.1) is 0 Å². The number of pyridine rings is 1. The zero-order valence-electron chi connectivity index (χ0n) is 10.3. The van der Waals surface area contributed by atoms with Crippen LogP contribution in [0.15, 0.2) is 42.6 Å². The molecule has 0 bridgehead atoms. The number of carbonyl (C=O) groups excluding carboxylic acids is 1. The Labute approximate surface area is 109 Å². The number of nitrogens with zero attached hydrogens (tertiary/aromatic N) is 1. The quantitative estimate of drug-likeness (QED) is 0.883. The van der Waals surface area contributed by atoms with Crippen LogP contribution in [0.4, 0.5) is 5.82 Å². The molecule has 2 rings (SSSR count). The first-order chi connectivity index (χ1) is 9.06. The first-order valence-electron chi connectivity index (χ1n) is 5.63. The second-order valence-corrected chi connectivity index (χ2v) is 4.06. The molecule has 1 aromatic heterocycles. The summed E-state index contributed by atoms with van der Waals surface area (Å²) in [5.41, 5.74) is 1.35. The number of aryl methyl sites for hydroxylation is 1. The third-order valence-corrected chi connectivity index (χ3v) is 2.52. The fourth-order valence-electron chi connectivity index (χ4n) is 1.52. The Bertz CT molecular complexity index is 621. The molecule has 1 aromatic carbocycles. The van der Waals surface area contributed by atoms with E-state index in [9.17, 15) is 9.59 Å². The Morgan fingerprint density at radius 1 is 1.16 bits per heavy atom. The minimum absolute atomic E-state index is 0.0736. The van der Waals surface area contributed by atoms with E-state index >= 15 is 0 Å². The second-order valence-electron chi connectivity index (χ2n) is 4.06. The van der Waals surface area contributed by atoms with Crippen LogP contribution >= 0.6 is 0 Å². The fourth-order valence-corrected chi connectivity index (χ4v) is 1.52. The van der Waals surface area contributed by atoms with Gasteiger partial charge in [0.25, 0.3) is 5.91 Å². The van der Waals surface area contributed by atoms with Crippen LogP contribution in [0.1, 0.15) is 26.3 Å². The molecule has 0 unspecified atom stereocenters. The summed E-state index contributed by atoms with van der Waals surface area (Å²) < 4.78 is 0. The summed E-state index contributed by atoms with van der Waals surface area (Å²) >= 11 is 0. The molecule has 19 heavy (non-hydrogen) atoms. The molecule has 0 atom stereocenters. The van der Waals surface area contributed by atoms with Gasteiger partial charge in [-0.05, 0) is 36.8 Å². The normalized spacial score (nSPS) is 9.95. The maximum atomic E-state index is 11.9. The predicted octanol–water partition coefficient (Wildman–Crippen LogP) is 2.34. The standard InChI is InChI=1S/C14H12N2O3/c1-9-5-6-12(15-8-9)16-13(17)10-3-2-4-11(7-10)14(18)19/h2-8H,1H3,(H,18,19)(H,15,16,17). The average molecular weight is 256 g/mol. The highest BCUT2D eigenvalue weighted by atomic mass is 16.4. The van der Waals surface area contributed by atoms with Gasteiger partial charge in [-0.2, -0.15) is 0 Å². The molecule has 96 valence electrons. The number of amides is 1. The van der Waals surface area contributed by atoms with E-state index in [0.29, 0.717) is 5.82 Å². The Balaban J connectivity index is 2.18. The summed E-state index contributed by atoms with van der Waals surface area (Å²) in [6.45, 7) is 1.90. The van der Waals surface area contributed by atoms with Gasteiger partial charge < -0.3 is 10.4 Å². The van der Waals surface area contributed by atoms with Gasteiger partial charge in [0, 0.05) is 11.8 Å². The van der Waals surface area contributed by atoms with Crippen LogP contribution in [-0.4, -0.2) is 22.0 Å². The van der Waals surface area contributed by atoms with Gasteiger partial charge in [-0.25, -0.2) is 9.78 Å². The van der Waals surface area contributed by atoms with Gasteiger partial charge in [0.15, 0.2) is 0 Å². The third-order valence-electron chi connectivity index (χ3n) is 2.52. The van der Waals surface area contributed by atoms with Gasteiger partial charge >= 0.3 is 5.97 Å². The minimum Gasteiger partial charge on any atom is -0.478 e. The van der Waals surface area contributed by atoms with Crippen LogP contribution < -0.4 is 5.32 Å². The molecule has 0 fully saturated rings. The lowest BCUT2D eigenvalue weighted by atomic mass is 10.1. The lowest BCUT2D eigenvalue weighted by molar-refractivity contribution is 0.0697. The van der Waals surface area contributed by atoms with Gasteiger partial charge in [0.1, 0.15) is 5.82 Å². The van der Waals surface area contributed by atoms with Crippen LogP contribution in [-0.2, 0) is 0 Å². The van der Waals surface area contributed by atoms with Crippen molar-refractivity contribution < 1.29 is 14.7 Å². The van der Waals surface area contributed by atoms with E-state index < -0.39 is 5.97 Å². The maximum Gasteiger partial charge on any atom is 0.335 e. The lowest BCUT2D eigenvalue weighted by Crippen LogP contribution is -2.13. The van der Waals surface area contributed by atoms with E-state index in [1.54, 1.807) is 18.3 Å². The van der Waals surface area contributed by atoms with Crippen LogP contribution in [0.2, 0.25) is 0 Å². The molecule has 0 saturated heterocycles. The zero-order valence-corrected chi connectivity index (χ0v) is 10.3. The van der Waals surface area contributed by atoms with Crippen LogP contribution in [0, 0.1) is 6.92 Å². The van der Waals surface area contributed by atoms with Crippen molar-refractivity contribution in [1.82, 2.24) is 4.98 Å². The zero-order chi connectivity index (χ0) is 13.8. The van der Waals surface area contributed by atoms with Crippen molar-refractivity contribution in [3.8, 4) is 0 Å². The number of hydrogen-bond acceptors (Lipinski definition) is 3.